The highest BCUT2D eigenvalue weighted by Gasteiger charge is 2.21. The molecule has 1 aliphatic carbocycles. The summed E-state index contributed by atoms with van der Waals surface area (Å²) in [5.41, 5.74) is 5.50. The summed E-state index contributed by atoms with van der Waals surface area (Å²) < 4.78 is 2.18. The lowest BCUT2D eigenvalue weighted by Crippen LogP contribution is -2.10. The Morgan fingerprint density at radius 1 is 1.29 bits per heavy atom. The Hall–Kier alpha value is -0.550. The van der Waals surface area contributed by atoms with E-state index in [0.717, 1.165) is 23.9 Å². The largest absolute Gasteiger partial charge is 0.330 e. The number of rotatable bonds is 5. The Kier molecular flexibility index (Phi) is 4.86. The maximum atomic E-state index is 5.50. The highest BCUT2D eigenvalue weighted by atomic mass is 32.2. The second-order valence-corrected chi connectivity index (χ2v) is 5.79. The first-order valence-electron chi connectivity index (χ1n) is 6.55. The third-order valence-electron chi connectivity index (χ3n) is 3.42. The molecule has 96 valence electrons. The quantitative estimate of drug-likeness (QED) is 0.647. The van der Waals surface area contributed by atoms with Gasteiger partial charge >= 0.3 is 0 Å². The normalized spacial score (nSPS) is 17.5. The zero-order chi connectivity index (χ0) is 12.1. The van der Waals surface area contributed by atoms with E-state index in [1.807, 2.05) is 0 Å². The molecule has 0 aliphatic heterocycles. The van der Waals surface area contributed by atoms with E-state index in [9.17, 15) is 0 Å². The lowest BCUT2D eigenvalue weighted by Gasteiger charge is -2.20. The molecular weight excluding hydrogens is 232 g/mol. The molecule has 1 aromatic heterocycles. The standard InChI is InChI=1S/C12H22N4S/c1-16-11(10-6-3-2-4-7-10)14-15-12(16)17-9-5-8-13/h10H,2-9,13H2,1H3. The third-order valence-corrected chi connectivity index (χ3v) is 4.53. The van der Waals surface area contributed by atoms with Crippen molar-refractivity contribution in [1.82, 2.24) is 14.8 Å². The summed E-state index contributed by atoms with van der Waals surface area (Å²) in [5, 5.41) is 9.72. The second kappa shape index (κ2) is 6.40. The maximum absolute atomic E-state index is 5.50. The Labute approximate surface area is 107 Å². The number of thioether (sulfide) groups is 1. The molecule has 0 aromatic carbocycles. The van der Waals surface area contributed by atoms with E-state index in [1.165, 1.54) is 37.9 Å². The summed E-state index contributed by atoms with van der Waals surface area (Å²) in [6.45, 7) is 0.750. The van der Waals surface area contributed by atoms with E-state index in [1.54, 1.807) is 11.8 Å². The molecule has 2 N–H and O–H groups in total. The van der Waals surface area contributed by atoms with Crippen LogP contribution in [-0.2, 0) is 7.05 Å². The van der Waals surface area contributed by atoms with E-state index < -0.39 is 0 Å². The lowest BCUT2D eigenvalue weighted by atomic mass is 9.89. The molecule has 0 saturated heterocycles. The summed E-state index contributed by atoms with van der Waals surface area (Å²) >= 11 is 1.77. The average molecular weight is 254 g/mol. The van der Waals surface area contributed by atoms with E-state index in [-0.39, 0.29) is 0 Å². The van der Waals surface area contributed by atoms with Crippen molar-refractivity contribution in [1.29, 1.82) is 0 Å². The minimum atomic E-state index is 0.630. The molecule has 5 heteroatoms. The van der Waals surface area contributed by atoms with Crippen molar-refractivity contribution < 1.29 is 0 Å². The van der Waals surface area contributed by atoms with E-state index >= 15 is 0 Å². The lowest BCUT2D eigenvalue weighted by molar-refractivity contribution is 0.418. The molecule has 0 amide bonds. The molecule has 1 aliphatic rings. The fraction of sp³-hybridized carbons (Fsp3) is 0.833. The van der Waals surface area contributed by atoms with E-state index in [0.29, 0.717) is 5.92 Å². The van der Waals surface area contributed by atoms with Gasteiger partial charge in [0.25, 0.3) is 0 Å². The van der Waals surface area contributed by atoms with Crippen molar-refractivity contribution in [3.8, 4) is 0 Å². The average Bonchev–Trinajstić information content (AvgIpc) is 2.73. The number of nitrogens with zero attached hydrogens (tertiary/aromatic N) is 3. The van der Waals surface area contributed by atoms with Crippen molar-refractivity contribution in [2.45, 2.75) is 49.6 Å². The molecule has 0 atom stereocenters. The van der Waals surface area contributed by atoms with Crippen LogP contribution in [-0.4, -0.2) is 27.1 Å². The predicted octanol–water partition coefficient (Wildman–Crippen LogP) is 2.30. The van der Waals surface area contributed by atoms with Crippen LogP contribution in [0.15, 0.2) is 5.16 Å². The molecule has 1 saturated carbocycles. The fourth-order valence-electron chi connectivity index (χ4n) is 2.41. The van der Waals surface area contributed by atoms with Gasteiger partial charge in [0, 0.05) is 18.7 Å². The van der Waals surface area contributed by atoms with Crippen LogP contribution in [0.1, 0.15) is 50.3 Å². The maximum Gasteiger partial charge on any atom is 0.190 e. The van der Waals surface area contributed by atoms with Crippen LogP contribution in [0, 0.1) is 0 Å². The van der Waals surface area contributed by atoms with Crippen LogP contribution in [0.2, 0.25) is 0 Å². The molecule has 1 fully saturated rings. The van der Waals surface area contributed by atoms with Gasteiger partial charge in [0.05, 0.1) is 0 Å². The molecular formula is C12H22N4S. The van der Waals surface area contributed by atoms with Crippen molar-refractivity contribution in [3.05, 3.63) is 5.82 Å². The first-order valence-corrected chi connectivity index (χ1v) is 7.53. The Morgan fingerprint density at radius 3 is 2.76 bits per heavy atom. The van der Waals surface area contributed by atoms with Crippen LogP contribution in [0.4, 0.5) is 0 Å². The zero-order valence-electron chi connectivity index (χ0n) is 10.6. The number of hydrogen-bond acceptors (Lipinski definition) is 4. The van der Waals surface area contributed by atoms with Crippen LogP contribution in [0.3, 0.4) is 0 Å². The van der Waals surface area contributed by atoms with Gasteiger partial charge in [0.2, 0.25) is 0 Å². The van der Waals surface area contributed by atoms with Gasteiger partial charge in [-0.3, -0.25) is 0 Å². The van der Waals surface area contributed by atoms with Gasteiger partial charge in [-0.05, 0) is 25.8 Å². The van der Waals surface area contributed by atoms with Crippen LogP contribution in [0.25, 0.3) is 0 Å². The van der Waals surface area contributed by atoms with Gasteiger partial charge < -0.3 is 10.3 Å². The number of aromatic nitrogens is 3. The Balaban J connectivity index is 1.98. The SMILES string of the molecule is Cn1c(SCCCN)nnc1C1CCCCC1. The zero-order valence-corrected chi connectivity index (χ0v) is 11.4. The van der Waals surface area contributed by atoms with Gasteiger partial charge in [-0.2, -0.15) is 0 Å². The highest BCUT2D eigenvalue weighted by molar-refractivity contribution is 7.99. The summed E-state index contributed by atoms with van der Waals surface area (Å²) in [6.07, 6.45) is 7.65. The topological polar surface area (TPSA) is 56.7 Å². The monoisotopic (exact) mass is 254 g/mol. The number of nitrogens with two attached hydrogens (primary N) is 1. The first kappa shape index (κ1) is 12.9. The van der Waals surface area contributed by atoms with Gasteiger partial charge in [0.15, 0.2) is 5.16 Å². The van der Waals surface area contributed by atoms with Gasteiger partial charge in [0.1, 0.15) is 5.82 Å². The molecule has 4 nitrogen and oxygen atoms in total. The highest BCUT2D eigenvalue weighted by Crippen LogP contribution is 2.32. The smallest absolute Gasteiger partial charge is 0.190 e. The minimum absolute atomic E-state index is 0.630. The molecule has 0 radical (unpaired) electrons. The second-order valence-electron chi connectivity index (χ2n) is 4.73. The summed E-state index contributed by atoms with van der Waals surface area (Å²) in [6, 6.07) is 0. The molecule has 1 heterocycles. The van der Waals surface area contributed by atoms with E-state index in [2.05, 4.69) is 21.8 Å². The Bertz CT molecular complexity index is 344. The molecule has 0 unspecified atom stereocenters. The summed E-state index contributed by atoms with van der Waals surface area (Å²) in [4.78, 5) is 0. The van der Waals surface area contributed by atoms with Gasteiger partial charge in [-0.15, -0.1) is 10.2 Å². The molecule has 1 aromatic rings. The van der Waals surface area contributed by atoms with Gasteiger partial charge in [-0.1, -0.05) is 31.0 Å². The fourth-order valence-corrected chi connectivity index (χ4v) is 3.29. The minimum Gasteiger partial charge on any atom is -0.330 e. The summed E-state index contributed by atoms with van der Waals surface area (Å²) in [5.74, 6) is 2.85. The molecule has 0 spiro atoms. The summed E-state index contributed by atoms with van der Waals surface area (Å²) in [7, 11) is 2.09. The van der Waals surface area contributed by atoms with Crippen LogP contribution < -0.4 is 5.73 Å². The third kappa shape index (κ3) is 3.22. The Morgan fingerprint density at radius 2 is 2.06 bits per heavy atom. The van der Waals surface area contributed by atoms with Crippen LogP contribution in [0.5, 0.6) is 0 Å². The van der Waals surface area contributed by atoms with Crippen LogP contribution >= 0.6 is 11.8 Å². The number of hydrogen-bond donors (Lipinski definition) is 1. The van der Waals surface area contributed by atoms with Crippen molar-refractivity contribution in [2.24, 2.45) is 12.8 Å². The van der Waals surface area contributed by atoms with Crippen molar-refractivity contribution in [2.75, 3.05) is 12.3 Å². The first-order chi connectivity index (χ1) is 8.33. The molecule has 2 rings (SSSR count). The molecule has 0 bridgehead atoms. The van der Waals surface area contributed by atoms with Crippen molar-refractivity contribution in [3.63, 3.8) is 0 Å². The molecule has 17 heavy (non-hydrogen) atoms. The van der Waals surface area contributed by atoms with Crippen molar-refractivity contribution >= 4 is 11.8 Å². The van der Waals surface area contributed by atoms with E-state index in [4.69, 9.17) is 5.73 Å². The predicted molar refractivity (Wildman–Crippen MR) is 71.2 cm³/mol. The van der Waals surface area contributed by atoms with Gasteiger partial charge in [-0.25, -0.2) is 0 Å².